The molecular weight excluding hydrogens is 242 g/mol. The number of aliphatic hydroxyl groups excluding tert-OH is 1. The molecule has 96 valence electrons. The van der Waals surface area contributed by atoms with Crippen LogP contribution in [-0.2, 0) is 0 Å². The van der Waals surface area contributed by atoms with Gasteiger partial charge in [-0.05, 0) is 42.0 Å². The molecule has 2 unspecified atom stereocenters. The molecule has 0 saturated carbocycles. The van der Waals surface area contributed by atoms with Crippen LogP contribution in [0.4, 0.5) is 0 Å². The highest BCUT2D eigenvalue weighted by molar-refractivity contribution is 7.10. The van der Waals surface area contributed by atoms with Gasteiger partial charge < -0.3 is 10.8 Å². The van der Waals surface area contributed by atoms with Gasteiger partial charge in [-0.1, -0.05) is 24.3 Å². The van der Waals surface area contributed by atoms with Crippen molar-refractivity contribution in [2.45, 2.75) is 25.9 Å². The zero-order chi connectivity index (χ0) is 13.1. The summed E-state index contributed by atoms with van der Waals surface area (Å²) in [4.78, 5) is 0.976. The van der Waals surface area contributed by atoms with Crippen molar-refractivity contribution in [3.05, 3.63) is 57.3 Å². The SMILES string of the molecule is Cc1ccc(C(CN)C(O)c2cccs2)cc1C. The second-order valence-corrected chi connectivity index (χ2v) is 5.63. The summed E-state index contributed by atoms with van der Waals surface area (Å²) >= 11 is 1.57. The number of aliphatic hydroxyl groups is 1. The van der Waals surface area contributed by atoms with Gasteiger partial charge in [-0.25, -0.2) is 0 Å². The molecule has 2 aromatic rings. The molecular formula is C15H19NOS. The topological polar surface area (TPSA) is 46.2 Å². The van der Waals surface area contributed by atoms with Gasteiger partial charge in [0.05, 0.1) is 6.10 Å². The van der Waals surface area contributed by atoms with E-state index in [1.165, 1.54) is 11.1 Å². The first-order valence-electron chi connectivity index (χ1n) is 6.12. The Morgan fingerprint density at radius 2 is 2.00 bits per heavy atom. The fraction of sp³-hybridized carbons (Fsp3) is 0.333. The van der Waals surface area contributed by atoms with Crippen molar-refractivity contribution >= 4 is 11.3 Å². The number of aryl methyl sites for hydroxylation is 2. The number of benzene rings is 1. The summed E-state index contributed by atoms with van der Waals surface area (Å²) < 4.78 is 0. The van der Waals surface area contributed by atoms with E-state index < -0.39 is 6.10 Å². The molecule has 0 fully saturated rings. The Balaban J connectivity index is 2.30. The van der Waals surface area contributed by atoms with Crippen LogP contribution in [0.3, 0.4) is 0 Å². The van der Waals surface area contributed by atoms with E-state index in [-0.39, 0.29) is 5.92 Å². The van der Waals surface area contributed by atoms with Crippen LogP contribution in [0.2, 0.25) is 0 Å². The van der Waals surface area contributed by atoms with E-state index >= 15 is 0 Å². The van der Waals surface area contributed by atoms with Gasteiger partial charge in [-0.3, -0.25) is 0 Å². The van der Waals surface area contributed by atoms with Crippen molar-refractivity contribution in [1.82, 2.24) is 0 Å². The summed E-state index contributed by atoms with van der Waals surface area (Å²) in [5.74, 6) is -0.0389. The van der Waals surface area contributed by atoms with Crippen LogP contribution in [-0.4, -0.2) is 11.7 Å². The van der Waals surface area contributed by atoms with Crippen molar-refractivity contribution < 1.29 is 5.11 Å². The van der Waals surface area contributed by atoms with Crippen LogP contribution in [0.5, 0.6) is 0 Å². The quantitative estimate of drug-likeness (QED) is 0.888. The minimum Gasteiger partial charge on any atom is -0.387 e. The predicted octanol–water partition coefficient (Wildman–Crippen LogP) is 3.14. The predicted molar refractivity (Wildman–Crippen MR) is 77.0 cm³/mol. The third-order valence-corrected chi connectivity index (χ3v) is 4.37. The average molecular weight is 261 g/mol. The van der Waals surface area contributed by atoms with Crippen LogP contribution in [0.1, 0.15) is 33.6 Å². The molecule has 0 aliphatic rings. The Bertz CT molecular complexity index is 507. The van der Waals surface area contributed by atoms with E-state index in [2.05, 4.69) is 32.0 Å². The second-order valence-electron chi connectivity index (χ2n) is 4.65. The highest BCUT2D eigenvalue weighted by Crippen LogP contribution is 2.33. The number of hydrogen-bond donors (Lipinski definition) is 2. The molecule has 0 bridgehead atoms. The Morgan fingerprint density at radius 1 is 1.22 bits per heavy atom. The standard InChI is InChI=1S/C15H19NOS/c1-10-5-6-12(8-11(10)2)13(9-16)15(17)14-4-3-7-18-14/h3-8,13,15,17H,9,16H2,1-2H3. The van der Waals surface area contributed by atoms with E-state index in [1.54, 1.807) is 11.3 Å². The molecule has 1 aromatic heterocycles. The molecule has 3 N–H and O–H groups in total. The van der Waals surface area contributed by atoms with Gasteiger partial charge in [-0.15, -0.1) is 11.3 Å². The van der Waals surface area contributed by atoms with E-state index in [9.17, 15) is 5.11 Å². The van der Waals surface area contributed by atoms with Crippen LogP contribution >= 0.6 is 11.3 Å². The smallest absolute Gasteiger partial charge is 0.0962 e. The third-order valence-electron chi connectivity index (χ3n) is 3.43. The maximum absolute atomic E-state index is 10.4. The second kappa shape index (κ2) is 5.65. The monoisotopic (exact) mass is 261 g/mol. The summed E-state index contributed by atoms with van der Waals surface area (Å²) in [6.07, 6.45) is -0.517. The van der Waals surface area contributed by atoms with E-state index in [1.807, 2.05) is 17.5 Å². The fourth-order valence-corrected chi connectivity index (χ4v) is 2.88. The van der Waals surface area contributed by atoms with Crippen LogP contribution in [0.25, 0.3) is 0 Å². The van der Waals surface area contributed by atoms with Crippen LogP contribution in [0, 0.1) is 13.8 Å². The molecule has 3 heteroatoms. The minimum atomic E-state index is -0.517. The number of hydrogen-bond acceptors (Lipinski definition) is 3. The van der Waals surface area contributed by atoms with Crippen molar-refractivity contribution in [3.63, 3.8) is 0 Å². The Morgan fingerprint density at radius 3 is 2.56 bits per heavy atom. The maximum atomic E-state index is 10.4. The lowest BCUT2D eigenvalue weighted by atomic mass is 9.90. The van der Waals surface area contributed by atoms with Gasteiger partial charge in [0.15, 0.2) is 0 Å². The molecule has 0 spiro atoms. The first-order chi connectivity index (χ1) is 8.63. The molecule has 18 heavy (non-hydrogen) atoms. The molecule has 0 amide bonds. The third kappa shape index (κ3) is 2.64. The number of nitrogens with two attached hydrogens (primary N) is 1. The molecule has 1 heterocycles. The Kier molecular flexibility index (Phi) is 4.17. The Hall–Kier alpha value is -1.16. The lowest BCUT2D eigenvalue weighted by Crippen LogP contribution is -2.19. The summed E-state index contributed by atoms with van der Waals surface area (Å²) in [5.41, 5.74) is 9.46. The van der Waals surface area contributed by atoms with Gasteiger partial charge in [0, 0.05) is 17.3 Å². The molecule has 0 radical (unpaired) electrons. The summed E-state index contributed by atoms with van der Waals surface area (Å²) in [6, 6.07) is 10.2. The van der Waals surface area contributed by atoms with Crippen molar-refractivity contribution in [2.75, 3.05) is 6.54 Å². The van der Waals surface area contributed by atoms with Crippen molar-refractivity contribution in [3.8, 4) is 0 Å². The average Bonchev–Trinajstić information content (AvgIpc) is 2.88. The van der Waals surface area contributed by atoms with Crippen LogP contribution in [0.15, 0.2) is 35.7 Å². The first kappa shape index (κ1) is 13.3. The van der Waals surface area contributed by atoms with Crippen molar-refractivity contribution in [2.24, 2.45) is 5.73 Å². The van der Waals surface area contributed by atoms with E-state index in [0.29, 0.717) is 6.54 Å². The first-order valence-corrected chi connectivity index (χ1v) is 7.00. The molecule has 2 rings (SSSR count). The zero-order valence-corrected chi connectivity index (χ0v) is 11.6. The molecule has 2 nitrogen and oxygen atoms in total. The minimum absolute atomic E-state index is 0.0389. The van der Waals surface area contributed by atoms with E-state index in [4.69, 9.17) is 5.73 Å². The molecule has 0 aliphatic carbocycles. The summed E-state index contributed by atoms with van der Waals surface area (Å²) in [6.45, 7) is 4.62. The van der Waals surface area contributed by atoms with Gasteiger partial charge in [0.1, 0.15) is 0 Å². The largest absolute Gasteiger partial charge is 0.387 e. The van der Waals surface area contributed by atoms with Gasteiger partial charge in [-0.2, -0.15) is 0 Å². The van der Waals surface area contributed by atoms with E-state index in [0.717, 1.165) is 10.4 Å². The molecule has 2 atom stereocenters. The van der Waals surface area contributed by atoms with Gasteiger partial charge in [0.2, 0.25) is 0 Å². The maximum Gasteiger partial charge on any atom is 0.0962 e. The summed E-state index contributed by atoms with van der Waals surface area (Å²) in [7, 11) is 0. The van der Waals surface area contributed by atoms with Crippen LogP contribution < -0.4 is 5.73 Å². The van der Waals surface area contributed by atoms with Crippen molar-refractivity contribution in [1.29, 1.82) is 0 Å². The number of thiophene rings is 1. The molecule has 0 aliphatic heterocycles. The molecule has 1 aromatic carbocycles. The number of rotatable bonds is 4. The van der Waals surface area contributed by atoms with Gasteiger partial charge in [0.25, 0.3) is 0 Å². The van der Waals surface area contributed by atoms with Gasteiger partial charge >= 0.3 is 0 Å². The fourth-order valence-electron chi connectivity index (χ4n) is 2.10. The zero-order valence-electron chi connectivity index (χ0n) is 10.8. The summed E-state index contributed by atoms with van der Waals surface area (Å²) in [5, 5.41) is 12.4. The highest BCUT2D eigenvalue weighted by atomic mass is 32.1. The highest BCUT2D eigenvalue weighted by Gasteiger charge is 2.22. The lowest BCUT2D eigenvalue weighted by Gasteiger charge is -2.21. The molecule has 0 saturated heterocycles. The Labute approximate surface area is 112 Å². The lowest BCUT2D eigenvalue weighted by molar-refractivity contribution is 0.151. The normalized spacial score (nSPS) is 14.4.